The van der Waals surface area contributed by atoms with E-state index in [0.717, 1.165) is 6.54 Å². The van der Waals surface area contributed by atoms with Crippen molar-refractivity contribution in [3.63, 3.8) is 0 Å². The Morgan fingerprint density at radius 3 is 2.93 bits per heavy atom. The number of hydrogen-bond donors (Lipinski definition) is 2. The zero-order valence-electron chi connectivity index (χ0n) is 8.78. The summed E-state index contributed by atoms with van der Waals surface area (Å²) in [5, 5.41) is 2.66. The van der Waals surface area contributed by atoms with E-state index in [-0.39, 0.29) is 17.2 Å². The fourth-order valence-electron chi connectivity index (χ4n) is 0.976. The molecule has 0 atom stereocenters. The Morgan fingerprint density at radius 2 is 2.33 bits per heavy atom. The lowest BCUT2D eigenvalue weighted by Crippen LogP contribution is -2.32. The van der Waals surface area contributed by atoms with E-state index in [1.54, 1.807) is 0 Å². The monoisotopic (exact) mass is 210 g/mol. The second-order valence-electron chi connectivity index (χ2n) is 3.36. The van der Waals surface area contributed by atoms with Gasteiger partial charge < -0.3 is 15.2 Å². The third-order valence-electron chi connectivity index (χ3n) is 1.76. The van der Waals surface area contributed by atoms with Crippen LogP contribution in [0.25, 0.3) is 0 Å². The molecule has 6 heteroatoms. The highest BCUT2D eigenvalue weighted by Crippen LogP contribution is 1.86. The van der Waals surface area contributed by atoms with Gasteiger partial charge in [-0.3, -0.25) is 9.59 Å². The molecular weight excluding hydrogens is 196 g/mol. The minimum atomic E-state index is -0.331. The summed E-state index contributed by atoms with van der Waals surface area (Å²) in [4.78, 5) is 30.4. The summed E-state index contributed by atoms with van der Waals surface area (Å²) in [6, 6.07) is 1.17. The van der Waals surface area contributed by atoms with Gasteiger partial charge in [0.05, 0.1) is 6.33 Å². The first-order valence-corrected chi connectivity index (χ1v) is 4.57. The van der Waals surface area contributed by atoms with Gasteiger partial charge in [-0.25, -0.2) is 4.98 Å². The van der Waals surface area contributed by atoms with Crippen LogP contribution in [0.15, 0.2) is 17.2 Å². The number of nitrogens with one attached hydrogen (secondary N) is 2. The molecule has 0 radical (unpaired) electrons. The molecule has 1 rings (SSSR count). The van der Waals surface area contributed by atoms with Crippen LogP contribution in [0.2, 0.25) is 0 Å². The summed E-state index contributed by atoms with van der Waals surface area (Å²) in [6.45, 7) is 1.27. The fraction of sp³-hybridized carbons (Fsp3) is 0.444. The third-order valence-corrected chi connectivity index (χ3v) is 1.76. The molecule has 0 bridgehead atoms. The van der Waals surface area contributed by atoms with Crippen LogP contribution < -0.4 is 10.9 Å². The lowest BCUT2D eigenvalue weighted by Gasteiger charge is -2.09. The van der Waals surface area contributed by atoms with Gasteiger partial charge in [0.15, 0.2) is 0 Å². The highest BCUT2D eigenvalue weighted by Gasteiger charge is 2.06. The number of aromatic nitrogens is 2. The molecule has 1 aromatic heterocycles. The summed E-state index contributed by atoms with van der Waals surface area (Å²) >= 11 is 0. The second-order valence-corrected chi connectivity index (χ2v) is 3.36. The van der Waals surface area contributed by atoms with Gasteiger partial charge in [-0.2, -0.15) is 0 Å². The van der Waals surface area contributed by atoms with Crippen molar-refractivity contribution in [2.24, 2.45) is 0 Å². The number of carbonyl (C=O) groups excluding carboxylic acids is 1. The average molecular weight is 210 g/mol. The highest BCUT2D eigenvalue weighted by molar-refractivity contribution is 5.91. The van der Waals surface area contributed by atoms with E-state index >= 15 is 0 Å². The second kappa shape index (κ2) is 5.26. The van der Waals surface area contributed by atoms with Crippen LogP contribution in [0.4, 0.5) is 0 Å². The Hall–Kier alpha value is -1.69. The smallest absolute Gasteiger partial charge is 0.270 e. The highest BCUT2D eigenvalue weighted by atomic mass is 16.2. The number of nitrogens with zero attached hydrogens (tertiary/aromatic N) is 2. The van der Waals surface area contributed by atoms with Crippen LogP contribution in [0, 0.1) is 0 Å². The lowest BCUT2D eigenvalue weighted by molar-refractivity contribution is 0.0945. The van der Waals surface area contributed by atoms with Gasteiger partial charge in [-0.15, -0.1) is 0 Å². The number of H-pyrrole nitrogens is 1. The van der Waals surface area contributed by atoms with Crippen LogP contribution in [-0.2, 0) is 0 Å². The van der Waals surface area contributed by atoms with E-state index in [1.165, 1.54) is 12.4 Å². The minimum absolute atomic E-state index is 0.137. The number of carbonyl (C=O) groups is 1. The van der Waals surface area contributed by atoms with Crippen LogP contribution in [-0.4, -0.2) is 48.0 Å². The molecule has 0 saturated carbocycles. The standard InChI is InChI=1S/C9H14N4O2/c1-13(2)4-3-10-9(15)7-5-8(14)12-6-11-7/h5-6H,3-4H2,1-2H3,(H,10,15)(H,11,12,14). The Kier molecular flexibility index (Phi) is 3.99. The zero-order chi connectivity index (χ0) is 11.3. The van der Waals surface area contributed by atoms with Crippen molar-refractivity contribution >= 4 is 5.91 Å². The van der Waals surface area contributed by atoms with Crippen LogP contribution >= 0.6 is 0 Å². The van der Waals surface area contributed by atoms with E-state index in [0.29, 0.717) is 6.54 Å². The molecule has 0 aliphatic rings. The predicted molar refractivity (Wildman–Crippen MR) is 55.7 cm³/mol. The molecule has 0 spiro atoms. The Labute approximate surface area is 87.3 Å². The zero-order valence-corrected chi connectivity index (χ0v) is 8.78. The van der Waals surface area contributed by atoms with Crippen LogP contribution in [0.1, 0.15) is 10.5 Å². The number of aromatic amines is 1. The molecule has 0 unspecified atom stereocenters. The Morgan fingerprint density at radius 1 is 1.60 bits per heavy atom. The van der Waals surface area contributed by atoms with Gasteiger partial charge in [0, 0.05) is 19.2 Å². The number of hydrogen-bond acceptors (Lipinski definition) is 4. The van der Waals surface area contributed by atoms with Gasteiger partial charge in [-0.05, 0) is 14.1 Å². The molecule has 2 N–H and O–H groups in total. The van der Waals surface area contributed by atoms with Crippen molar-refractivity contribution in [2.45, 2.75) is 0 Å². The number of rotatable bonds is 4. The average Bonchev–Trinajstić information content (AvgIpc) is 2.17. The molecule has 1 aromatic rings. The molecule has 0 saturated heterocycles. The van der Waals surface area contributed by atoms with Gasteiger partial charge in [0.1, 0.15) is 5.69 Å². The van der Waals surface area contributed by atoms with E-state index in [2.05, 4.69) is 15.3 Å². The molecule has 15 heavy (non-hydrogen) atoms. The first-order valence-electron chi connectivity index (χ1n) is 4.57. The molecule has 1 heterocycles. The van der Waals surface area contributed by atoms with Crippen molar-refractivity contribution in [3.05, 3.63) is 28.4 Å². The summed E-state index contributed by atoms with van der Waals surface area (Å²) in [5.74, 6) is -0.331. The van der Waals surface area contributed by atoms with E-state index in [4.69, 9.17) is 0 Å². The third kappa shape index (κ3) is 3.90. The fourth-order valence-corrected chi connectivity index (χ4v) is 0.976. The summed E-state index contributed by atoms with van der Waals surface area (Å²) in [6.07, 6.45) is 1.21. The van der Waals surface area contributed by atoms with E-state index in [1.807, 2.05) is 19.0 Å². The van der Waals surface area contributed by atoms with E-state index in [9.17, 15) is 9.59 Å². The van der Waals surface area contributed by atoms with Crippen molar-refractivity contribution < 1.29 is 4.79 Å². The minimum Gasteiger partial charge on any atom is -0.349 e. The van der Waals surface area contributed by atoms with E-state index < -0.39 is 0 Å². The lowest BCUT2D eigenvalue weighted by atomic mass is 10.4. The summed E-state index contributed by atoms with van der Waals surface area (Å²) < 4.78 is 0. The molecule has 82 valence electrons. The molecule has 0 fully saturated rings. The predicted octanol–water partition coefficient (Wildman–Crippen LogP) is -0.939. The number of likely N-dealkylation sites (N-methyl/N-ethyl adjacent to an activating group) is 1. The topological polar surface area (TPSA) is 78.1 Å². The quantitative estimate of drug-likeness (QED) is 0.672. The van der Waals surface area contributed by atoms with Crippen molar-refractivity contribution in [1.29, 1.82) is 0 Å². The SMILES string of the molecule is CN(C)CCNC(=O)c1cc(=O)[nH]cn1. The molecule has 0 aliphatic carbocycles. The van der Waals surface area contributed by atoms with Crippen molar-refractivity contribution in [2.75, 3.05) is 27.2 Å². The first-order chi connectivity index (χ1) is 7.09. The molecule has 1 amide bonds. The summed E-state index contributed by atoms with van der Waals surface area (Å²) in [5.41, 5.74) is -0.194. The maximum atomic E-state index is 11.4. The molecule has 0 aromatic carbocycles. The normalized spacial score (nSPS) is 10.3. The largest absolute Gasteiger partial charge is 0.349 e. The van der Waals surface area contributed by atoms with Crippen LogP contribution in [0.5, 0.6) is 0 Å². The first kappa shape index (κ1) is 11.4. The van der Waals surface area contributed by atoms with Crippen molar-refractivity contribution in [1.82, 2.24) is 20.2 Å². The maximum absolute atomic E-state index is 11.4. The molecule has 0 aliphatic heterocycles. The van der Waals surface area contributed by atoms with Gasteiger partial charge in [0.25, 0.3) is 11.5 Å². The molecular formula is C9H14N4O2. The Bertz CT molecular complexity index is 386. The van der Waals surface area contributed by atoms with Crippen LogP contribution in [0.3, 0.4) is 0 Å². The van der Waals surface area contributed by atoms with Gasteiger partial charge >= 0.3 is 0 Å². The van der Waals surface area contributed by atoms with Crippen molar-refractivity contribution in [3.8, 4) is 0 Å². The molecule has 6 nitrogen and oxygen atoms in total. The summed E-state index contributed by atoms with van der Waals surface area (Å²) in [7, 11) is 3.83. The maximum Gasteiger partial charge on any atom is 0.270 e. The van der Waals surface area contributed by atoms with Gasteiger partial charge in [0.2, 0.25) is 0 Å². The Balaban J connectivity index is 2.51. The van der Waals surface area contributed by atoms with Gasteiger partial charge in [-0.1, -0.05) is 0 Å². The number of amides is 1.